The lowest BCUT2D eigenvalue weighted by Gasteiger charge is -2.18. The molecule has 1 atom stereocenters. The molecular formula is C18H22N2O4S. The summed E-state index contributed by atoms with van der Waals surface area (Å²) in [7, 11) is -2.15. The van der Waals surface area contributed by atoms with E-state index in [2.05, 4.69) is 10.0 Å². The summed E-state index contributed by atoms with van der Waals surface area (Å²) in [6, 6.07) is 15.3. The minimum absolute atomic E-state index is 0.135. The van der Waals surface area contributed by atoms with Crippen molar-refractivity contribution < 1.29 is 17.9 Å². The van der Waals surface area contributed by atoms with Crippen LogP contribution in [0.1, 0.15) is 12.5 Å². The number of carbonyl (C=O) groups excluding carboxylic acids is 1. The van der Waals surface area contributed by atoms with Crippen LogP contribution in [-0.2, 0) is 26.0 Å². The van der Waals surface area contributed by atoms with Gasteiger partial charge < -0.3 is 10.1 Å². The van der Waals surface area contributed by atoms with E-state index in [1.54, 1.807) is 12.1 Å². The highest BCUT2D eigenvalue weighted by atomic mass is 32.2. The predicted octanol–water partition coefficient (Wildman–Crippen LogP) is 2.18. The number of rotatable bonds is 8. The molecule has 6 nitrogen and oxygen atoms in total. The maximum atomic E-state index is 12.6. The third-order valence-electron chi connectivity index (χ3n) is 3.50. The summed E-state index contributed by atoms with van der Waals surface area (Å²) in [5.41, 5.74) is 1.57. The highest BCUT2D eigenvalue weighted by Gasteiger charge is 2.20. The fraction of sp³-hybridized carbons (Fsp3) is 0.278. The van der Waals surface area contributed by atoms with Crippen molar-refractivity contribution in [2.75, 3.05) is 19.0 Å². The Morgan fingerprint density at radius 1 is 1.08 bits per heavy atom. The van der Waals surface area contributed by atoms with Crippen LogP contribution in [0.15, 0.2) is 59.5 Å². The number of hydrogen-bond acceptors (Lipinski definition) is 4. The number of amides is 1. The molecule has 0 heterocycles. The average Bonchev–Trinajstić information content (AvgIpc) is 2.55. The maximum absolute atomic E-state index is 12.6. The summed E-state index contributed by atoms with van der Waals surface area (Å²) in [6.45, 7) is 1.66. The molecule has 2 rings (SSSR count). The molecule has 0 aromatic heterocycles. The Morgan fingerprint density at radius 3 is 2.28 bits per heavy atom. The van der Waals surface area contributed by atoms with Crippen LogP contribution in [0.5, 0.6) is 0 Å². The number of sulfonamides is 1. The van der Waals surface area contributed by atoms with E-state index in [4.69, 9.17) is 4.74 Å². The monoisotopic (exact) mass is 362 g/mol. The van der Waals surface area contributed by atoms with Crippen LogP contribution >= 0.6 is 0 Å². The van der Waals surface area contributed by atoms with Crippen molar-refractivity contribution in [3.8, 4) is 0 Å². The van der Waals surface area contributed by atoms with Crippen molar-refractivity contribution in [3.63, 3.8) is 0 Å². The zero-order chi connectivity index (χ0) is 18.3. The van der Waals surface area contributed by atoms with E-state index in [9.17, 15) is 13.2 Å². The lowest BCUT2D eigenvalue weighted by atomic mass is 10.1. The molecule has 0 bridgehead atoms. The van der Waals surface area contributed by atoms with Gasteiger partial charge in [0.15, 0.2) is 0 Å². The molecule has 1 unspecified atom stereocenters. The van der Waals surface area contributed by atoms with Crippen molar-refractivity contribution in [2.45, 2.75) is 24.3 Å². The Hall–Kier alpha value is -2.22. The number of benzene rings is 2. The second-order valence-electron chi connectivity index (χ2n) is 5.67. The van der Waals surface area contributed by atoms with Crippen LogP contribution in [0.3, 0.4) is 0 Å². The molecule has 25 heavy (non-hydrogen) atoms. The van der Waals surface area contributed by atoms with E-state index in [0.29, 0.717) is 12.1 Å². The molecule has 2 aromatic carbocycles. The first-order valence-corrected chi connectivity index (χ1v) is 9.32. The van der Waals surface area contributed by atoms with Crippen molar-refractivity contribution in [2.24, 2.45) is 0 Å². The third-order valence-corrected chi connectivity index (χ3v) is 5.04. The lowest BCUT2D eigenvalue weighted by Crippen LogP contribution is -2.39. The van der Waals surface area contributed by atoms with Gasteiger partial charge in [0.1, 0.15) is 0 Å². The predicted molar refractivity (Wildman–Crippen MR) is 96.9 cm³/mol. The Kier molecular flexibility index (Phi) is 6.69. The molecule has 0 aliphatic carbocycles. The van der Waals surface area contributed by atoms with Crippen LogP contribution in [-0.4, -0.2) is 34.1 Å². The fourth-order valence-electron chi connectivity index (χ4n) is 2.44. The summed E-state index contributed by atoms with van der Waals surface area (Å²) >= 11 is 0. The lowest BCUT2D eigenvalue weighted by molar-refractivity contribution is -0.114. The minimum atomic E-state index is -3.69. The SMILES string of the molecule is COCC(Cc1ccccc1)NS(=O)(=O)c1ccc(NC(C)=O)cc1. The Balaban J connectivity index is 2.12. The zero-order valence-electron chi connectivity index (χ0n) is 14.2. The van der Waals surface area contributed by atoms with Crippen LogP contribution in [0.2, 0.25) is 0 Å². The van der Waals surface area contributed by atoms with E-state index in [1.165, 1.54) is 26.2 Å². The van der Waals surface area contributed by atoms with E-state index < -0.39 is 10.0 Å². The Morgan fingerprint density at radius 2 is 1.72 bits per heavy atom. The Bertz CT molecular complexity index is 790. The number of methoxy groups -OCH3 is 1. The van der Waals surface area contributed by atoms with Crippen LogP contribution in [0.25, 0.3) is 0 Å². The fourth-order valence-corrected chi connectivity index (χ4v) is 3.66. The molecule has 0 radical (unpaired) electrons. The van der Waals surface area contributed by atoms with Gasteiger partial charge in [-0.05, 0) is 36.2 Å². The van der Waals surface area contributed by atoms with Crippen molar-refractivity contribution in [1.29, 1.82) is 0 Å². The molecule has 2 aromatic rings. The van der Waals surface area contributed by atoms with Gasteiger partial charge in [-0.25, -0.2) is 13.1 Å². The third kappa shape index (κ3) is 5.97. The second-order valence-corrected chi connectivity index (χ2v) is 7.38. The highest BCUT2D eigenvalue weighted by Crippen LogP contribution is 2.15. The maximum Gasteiger partial charge on any atom is 0.240 e. The van der Waals surface area contributed by atoms with E-state index in [0.717, 1.165) is 5.56 Å². The largest absolute Gasteiger partial charge is 0.383 e. The van der Waals surface area contributed by atoms with Gasteiger partial charge in [0.2, 0.25) is 15.9 Å². The van der Waals surface area contributed by atoms with Crippen molar-refractivity contribution >= 4 is 21.6 Å². The van der Waals surface area contributed by atoms with Gasteiger partial charge >= 0.3 is 0 Å². The smallest absolute Gasteiger partial charge is 0.240 e. The van der Waals surface area contributed by atoms with Gasteiger partial charge in [-0.1, -0.05) is 30.3 Å². The summed E-state index contributed by atoms with van der Waals surface area (Å²) in [5.74, 6) is -0.211. The van der Waals surface area contributed by atoms with Crippen LogP contribution < -0.4 is 10.0 Å². The quantitative estimate of drug-likeness (QED) is 0.754. The molecule has 0 saturated heterocycles. The highest BCUT2D eigenvalue weighted by molar-refractivity contribution is 7.89. The van der Waals surface area contributed by atoms with E-state index >= 15 is 0 Å². The zero-order valence-corrected chi connectivity index (χ0v) is 15.0. The average molecular weight is 362 g/mol. The van der Waals surface area contributed by atoms with Gasteiger partial charge in [-0.2, -0.15) is 0 Å². The first kappa shape index (κ1) is 19.1. The van der Waals surface area contributed by atoms with Crippen molar-refractivity contribution in [1.82, 2.24) is 4.72 Å². The molecule has 0 aliphatic rings. The number of ether oxygens (including phenoxy) is 1. The molecule has 0 aliphatic heterocycles. The summed E-state index contributed by atoms with van der Waals surface area (Å²) in [6.07, 6.45) is 0.526. The van der Waals surface area contributed by atoms with Gasteiger partial charge in [-0.15, -0.1) is 0 Å². The Labute approximate surface area is 148 Å². The minimum Gasteiger partial charge on any atom is -0.383 e. The second kappa shape index (κ2) is 8.75. The van der Waals surface area contributed by atoms with Crippen LogP contribution in [0, 0.1) is 0 Å². The summed E-state index contributed by atoms with van der Waals surface area (Å²) < 4.78 is 33.0. The molecule has 2 N–H and O–H groups in total. The molecule has 0 spiro atoms. The van der Waals surface area contributed by atoms with Crippen molar-refractivity contribution in [3.05, 3.63) is 60.2 Å². The molecule has 0 fully saturated rings. The molecule has 1 amide bonds. The number of carbonyl (C=O) groups is 1. The van der Waals surface area contributed by atoms with E-state index in [-0.39, 0.29) is 23.5 Å². The first-order valence-electron chi connectivity index (χ1n) is 7.83. The van der Waals surface area contributed by atoms with E-state index in [1.807, 2.05) is 30.3 Å². The number of anilines is 1. The first-order chi connectivity index (χ1) is 11.9. The molecular weight excluding hydrogens is 340 g/mol. The van der Waals surface area contributed by atoms with Gasteiger partial charge in [0.05, 0.1) is 11.5 Å². The number of nitrogens with one attached hydrogen (secondary N) is 2. The topological polar surface area (TPSA) is 84.5 Å². The molecule has 134 valence electrons. The summed E-state index contributed by atoms with van der Waals surface area (Å²) in [5, 5.41) is 2.60. The summed E-state index contributed by atoms with van der Waals surface area (Å²) in [4.78, 5) is 11.2. The normalized spacial score (nSPS) is 12.6. The number of hydrogen-bond donors (Lipinski definition) is 2. The molecule has 0 saturated carbocycles. The van der Waals surface area contributed by atoms with Gasteiger partial charge in [0, 0.05) is 25.8 Å². The van der Waals surface area contributed by atoms with Gasteiger partial charge in [-0.3, -0.25) is 4.79 Å². The van der Waals surface area contributed by atoms with Crippen LogP contribution in [0.4, 0.5) is 5.69 Å². The standard InChI is InChI=1S/C18H22N2O4S/c1-14(21)19-16-8-10-18(11-9-16)25(22,23)20-17(13-24-2)12-15-6-4-3-5-7-15/h3-11,17,20H,12-13H2,1-2H3,(H,19,21). The van der Waals surface area contributed by atoms with Gasteiger partial charge in [0.25, 0.3) is 0 Å². The molecule has 7 heteroatoms.